The molecule has 0 spiro atoms. The molecule has 0 amide bonds. The average Bonchev–Trinajstić information content (AvgIpc) is 3.04. The molecule has 7 heteroatoms. The molecule has 1 aliphatic heterocycles. The Kier molecular flexibility index (Phi) is 4.32. The molecule has 21 heavy (non-hydrogen) atoms. The largest absolute Gasteiger partial charge is 0.401 e. The summed E-state index contributed by atoms with van der Waals surface area (Å²) in [6.45, 7) is 0.0731. The minimum atomic E-state index is -4.11. The van der Waals surface area contributed by atoms with Crippen molar-refractivity contribution in [1.82, 2.24) is 15.5 Å². The third-order valence-electron chi connectivity index (χ3n) is 5.07. The summed E-state index contributed by atoms with van der Waals surface area (Å²) in [6, 6.07) is 0.502. The van der Waals surface area contributed by atoms with E-state index in [9.17, 15) is 13.2 Å². The molecule has 3 aliphatic rings. The minimum Gasteiger partial charge on any atom is -0.360 e. The van der Waals surface area contributed by atoms with E-state index in [1.54, 1.807) is 0 Å². The van der Waals surface area contributed by atoms with Gasteiger partial charge in [-0.25, -0.2) is 0 Å². The first kappa shape index (κ1) is 15.3. The molecule has 3 nitrogen and oxygen atoms in total. The molecular formula is C14H22F3N3S. The van der Waals surface area contributed by atoms with E-state index in [0.29, 0.717) is 30.7 Å². The van der Waals surface area contributed by atoms with Gasteiger partial charge in [-0.15, -0.1) is 0 Å². The van der Waals surface area contributed by atoms with Gasteiger partial charge in [-0.05, 0) is 49.7 Å². The molecule has 0 aromatic heterocycles. The molecule has 2 N–H and O–H groups in total. The first-order chi connectivity index (χ1) is 9.89. The summed E-state index contributed by atoms with van der Waals surface area (Å²) in [5, 5.41) is 7.19. The van der Waals surface area contributed by atoms with Crippen LogP contribution in [0.2, 0.25) is 0 Å². The maximum atomic E-state index is 12.4. The standard InChI is InChI=1S/C14H22F3N3S/c15-14(16,17)8-20-4-3-11(7-20)18-13(21)19-12-6-9-1-2-10(12)5-9/h9-12H,1-8H2,(H2,18,19,21)/t9-,10-,11+,12-/m0/s1. The van der Waals surface area contributed by atoms with Gasteiger partial charge < -0.3 is 10.6 Å². The van der Waals surface area contributed by atoms with Gasteiger partial charge in [0, 0.05) is 25.2 Å². The molecule has 0 aromatic rings. The van der Waals surface area contributed by atoms with Gasteiger partial charge in [0.2, 0.25) is 0 Å². The lowest BCUT2D eigenvalue weighted by Crippen LogP contribution is -2.48. The van der Waals surface area contributed by atoms with E-state index in [-0.39, 0.29) is 6.04 Å². The minimum absolute atomic E-state index is 0.0333. The third-order valence-corrected chi connectivity index (χ3v) is 5.30. The molecule has 0 aromatic carbocycles. The van der Waals surface area contributed by atoms with Gasteiger partial charge in [0.25, 0.3) is 0 Å². The van der Waals surface area contributed by atoms with Gasteiger partial charge in [0.1, 0.15) is 0 Å². The Bertz CT molecular complexity index is 401. The Labute approximate surface area is 128 Å². The molecular weight excluding hydrogens is 299 g/mol. The van der Waals surface area contributed by atoms with Crippen LogP contribution in [0, 0.1) is 11.8 Å². The van der Waals surface area contributed by atoms with Crippen molar-refractivity contribution in [1.29, 1.82) is 0 Å². The first-order valence-corrected chi connectivity index (χ1v) is 8.16. The van der Waals surface area contributed by atoms with Crippen LogP contribution >= 0.6 is 12.2 Å². The normalized spacial score (nSPS) is 36.1. The second kappa shape index (κ2) is 5.91. The lowest BCUT2D eigenvalue weighted by atomic mass is 9.95. The van der Waals surface area contributed by atoms with E-state index in [2.05, 4.69) is 10.6 Å². The van der Waals surface area contributed by atoms with Crippen LogP contribution in [0.1, 0.15) is 32.1 Å². The van der Waals surface area contributed by atoms with Gasteiger partial charge in [0.15, 0.2) is 5.11 Å². The highest BCUT2D eigenvalue weighted by atomic mass is 32.1. The summed E-state index contributed by atoms with van der Waals surface area (Å²) in [6.07, 6.45) is 1.73. The van der Waals surface area contributed by atoms with Crippen molar-refractivity contribution in [2.45, 2.75) is 50.4 Å². The second-order valence-electron chi connectivity index (χ2n) is 6.74. The maximum Gasteiger partial charge on any atom is 0.401 e. The second-order valence-corrected chi connectivity index (χ2v) is 7.14. The highest BCUT2D eigenvalue weighted by molar-refractivity contribution is 7.80. The number of rotatable bonds is 3. The number of hydrogen-bond donors (Lipinski definition) is 2. The molecule has 0 unspecified atom stereocenters. The van der Waals surface area contributed by atoms with Crippen LogP contribution in [0.4, 0.5) is 13.2 Å². The van der Waals surface area contributed by atoms with Crippen LogP contribution < -0.4 is 10.6 Å². The van der Waals surface area contributed by atoms with Crippen LogP contribution in [0.5, 0.6) is 0 Å². The Balaban J connectivity index is 1.40. The van der Waals surface area contributed by atoms with Crippen LogP contribution in [0.25, 0.3) is 0 Å². The summed E-state index contributed by atoms with van der Waals surface area (Å²) in [5.41, 5.74) is 0. The Morgan fingerprint density at radius 2 is 1.95 bits per heavy atom. The molecule has 120 valence electrons. The first-order valence-electron chi connectivity index (χ1n) is 7.75. The molecule has 0 radical (unpaired) electrons. The van der Waals surface area contributed by atoms with E-state index in [0.717, 1.165) is 11.8 Å². The number of fused-ring (bicyclic) bond motifs is 2. The molecule has 1 heterocycles. The van der Waals surface area contributed by atoms with E-state index >= 15 is 0 Å². The SMILES string of the molecule is FC(F)(F)CN1CC[C@@H](NC(=S)N[C@H]2C[C@H]3CC[C@H]2C3)C1. The predicted octanol–water partition coefficient (Wildman–Crippen LogP) is 2.28. The zero-order valence-corrected chi connectivity index (χ0v) is 12.8. The molecule has 3 fully saturated rings. The van der Waals surface area contributed by atoms with Gasteiger partial charge in [-0.1, -0.05) is 6.42 Å². The molecule has 4 atom stereocenters. The average molecular weight is 321 g/mol. The number of nitrogens with one attached hydrogen (secondary N) is 2. The number of nitrogens with zero attached hydrogens (tertiary/aromatic N) is 1. The number of hydrogen-bond acceptors (Lipinski definition) is 2. The maximum absolute atomic E-state index is 12.4. The smallest absolute Gasteiger partial charge is 0.360 e. The molecule has 3 rings (SSSR count). The summed E-state index contributed by atoms with van der Waals surface area (Å²) < 4.78 is 37.1. The Morgan fingerprint density at radius 1 is 1.14 bits per heavy atom. The van der Waals surface area contributed by atoms with Gasteiger partial charge >= 0.3 is 6.18 Å². The van der Waals surface area contributed by atoms with Crippen LogP contribution in [0.15, 0.2) is 0 Å². The highest BCUT2D eigenvalue weighted by Gasteiger charge is 2.40. The quantitative estimate of drug-likeness (QED) is 0.780. The Morgan fingerprint density at radius 3 is 2.57 bits per heavy atom. The molecule has 2 saturated carbocycles. The fourth-order valence-electron chi connectivity index (χ4n) is 4.16. The topological polar surface area (TPSA) is 27.3 Å². The van der Waals surface area contributed by atoms with E-state index in [1.165, 1.54) is 30.6 Å². The van der Waals surface area contributed by atoms with Crippen molar-refractivity contribution < 1.29 is 13.2 Å². The zero-order chi connectivity index (χ0) is 15.0. The van der Waals surface area contributed by atoms with Crippen LogP contribution in [-0.2, 0) is 0 Å². The summed E-state index contributed by atoms with van der Waals surface area (Å²) in [7, 11) is 0. The predicted molar refractivity (Wildman–Crippen MR) is 79.0 cm³/mol. The van der Waals surface area contributed by atoms with Crippen molar-refractivity contribution in [2.75, 3.05) is 19.6 Å². The molecule has 2 bridgehead atoms. The van der Waals surface area contributed by atoms with Crippen molar-refractivity contribution in [3.8, 4) is 0 Å². The number of halogens is 3. The lowest BCUT2D eigenvalue weighted by Gasteiger charge is -2.26. The van der Waals surface area contributed by atoms with Crippen molar-refractivity contribution in [3.05, 3.63) is 0 Å². The number of thiocarbonyl (C=S) groups is 1. The summed E-state index contributed by atoms with van der Waals surface area (Å²) in [4.78, 5) is 1.44. The molecule has 1 saturated heterocycles. The van der Waals surface area contributed by atoms with Gasteiger partial charge in [-0.3, -0.25) is 4.90 Å². The summed E-state index contributed by atoms with van der Waals surface area (Å²) in [5.74, 6) is 1.59. The monoisotopic (exact) mass is 321 g/mol. The van der Waals surface area contributed by atoms with Crippen LogP contribution in [0.3, 0.4) is 0 Å². The van der Waals surface area contributed by atoms with E-state index < -0.39 is 12.7 Å². The number of likely N-dealkylation sites (tertiary alicyclic amines) is 1. The summed E-state index contributed by atoms with van der Waals surface area (Å²) >= 11 is 5.33. The fourth-order valence-corrected chi connectivity index (χ4v) is 4.48. The van der Waals surface area contributed by atoms with Crippen molar-refractivity contribution in [3.63, 3.8) is 0 Å². The van der Waals surface area contributed by atoms with Crippen molar-refractivity contribution in [2.24, 2.45) is 11.8 Å². The molecule has 2 aliphatic carbocycles. The third kappa shape index (κ3) is 4.00. The van der Waals surface area contributed by atoms with Crippen molar-refractivity contribution >= 4 is 17.3 Å². The van der Waals surface area contributed by atoms with Gasteiger partial charge in [0.05, 0.1) is 6.54 Å². The van der Waals surface area contributed by atoms with E-state index in [4.69, 9.17) is 12.2 Å². The van der Waals surface area contributed by atoms with Crippen LogP contribution in [-0.4, -0.2) is 47.9 Å². The fraction of sp³-hybridized carbons (Fsp3) is 0.929. The van der Waals surface area contributed by atoms with E-state index in [1.807, 2.05) is 0 Å². The Hall–Kier alpha value is -0.560. The van der Waals surface area contributed by atoms with Gasteiger partial charge in [-0.2, -0.15) is 13.2 Å². The zero-order valence-electron chi connectivity index (χ0n) is 12.0. The number of alkyl halides is 3. The lowest BCUT2D eigenvalue weighted by molar-refractivity contribution is -0.143. The highest BCUT2D eigenvalue weighted by Crippen LogP contribution is 2.44.